The number of nitrogens with zero attached hydrogens (tertiary/aromatic N) is 4. The zero-order valence-corrected chi connectivity index (χ0v) is 17.6. The molecular weight excluding hydrogens is 384 g/mol. The normalized spacial score (nSPS) is 11.3. The number of likely N-dealkylation sites (N-methyl/N-ethyl adjacent to an activating group) is 1. The first-order valence-electron chi connectivity index (χ1n) is 10.2. The molecule has 0 saturated heterocycles. The minimum atomic E-state index is -0.441. The molecule has 0 radical (unpaired) electrons. The smallest absolute Gasteiger partial charge is 0.325 e. The third-order valence-corrected chi connectivity index (χ3v) is 4.90. The number of imidazole rings is 1. The monoisotopic (exact) mass is 412 g/mol. The molecule has 0 unspecified atom stereocenters. The van der Waals surface area contributed by atoms with Crippen LogP contribution in [0.25, 0.3) is 11.2 Å². The number of unbranched alkanes of at least 4 members (excludes halogenated alkanes) is 1. The number of hydrogen-bond acceptors (Lipinski definition) is 5. The number of nitrogens with one attached hydrogen (secondary N) is 2. The highest BCUT2D eigenvalue weighted by atomic mass is 16.2. The highest BCUT2D eigenvalue weighted by molar-refractivity contribution is 5.92. The molecule has 2 heterocycles. The Morgan fingerprint density at radius 3 is 2.57 bits per heavy atom. The van der Waals surface area contributed by atoms with Crippen molar-refractivity contribution >= 4 is 22.8 Å². The molecule has 160 valence electrons. The van der Waals surface area contributed by atoms with Crippen molar-refractivity contribution in [1.29, 1.82) is 0 Å². The molecule has 0 fully saturated rings. The van der Waals surface area contributed by atoms with Gasteiger partial charge in [0, 0.05) is 18.8 Å². The van der Waals surface area contributed by atoms with Crippen molar-refractivity contribution in [2.24, 2.45) is 0 Å². The molecule has 9 nitrogen and oxygen atoms in total. The Hall–Kier alpha value is -3.20. The number of amides is 1. The molecule has 0 saturated carbocycles. The van der Waals surface area contributed by atoms with Gasteiger partial charge in [0.2, 0.25) is 5.91 Å². The average molecular weight is 412 g/mol. The second-order valence-corrected chi connectivity index (χ2v) is 7.30. The van der Waals surface area contributed by atoms with Gasteiger partial charge < -0.3 is 9.88 Å². The van der Waals surface area contributed by atoms with Gasteiger partial charge in [-0.15, -0.1) is 0 Å². The van der Waals surface area contributed by atoms with Crippen LogP contribution in [-0.4, -0.2) is 43.5 Å². The topological polar surface area (TPSA) is 105 Å². The number of benzene rings is 1. The molecule has 1 amide bonds. The first-order chi connectivity index (χ1) is 14.4. The van der Waals surface area contributed by atoms with Gasteiger partial charge in [0.15, 0.2) is 11.2 Å². The summed E-state index contributed by atoms with van der Waals surface area (Å²) in [5, 5.41) is 2.85. The summed E-state index contributed by atoms with van der Waals surface area (Å²) >= 11 is 0. The number of rotatable bonds is 9. The highest BCUT2D eigenvalue weighted by Gasteiger charge is 2.19. The summed E-state index contributed by atoms with van der Waals surface area (Å²) in [5.41, 5.74) is 0.654. The van der Waals surface area contributed by atoms with Crippen molar-refractivity contribution < 1.29 is 4.79 Å². The minimum Gasteiger partial charge on any atom is -0.325 e. The number of aromatic amines is 1. The van der Waals surface area contributed by atoms with E-state index in [0.29, 0.717) is 36.6 Å². The van der Waals surface area contributed by atoms with Gasteiger partial charge in [-0.1, -0.05) is 31.5 Å². The molecule has 1 aromatic carbocycles. The Labute approximate surface area is 174 Å². The maximum Gasteiger partial charge on any atom is 0.330 e. The van der Waals surface area contributed by atoms with E-state index < -0.39 is 11.2 Å². The van der Waals surface area contributed by atoms with Crippen LogP contribution in [0.2, 0.25) is 0 Å². The lowest BCUT2D eigenvalue weighted by Gasteiger charge is -2.16. The van der Waals surface area contributed by atoms with Crippen molar-refractivity contribution in [3.8, 4) is 0 Å². The quantitative estimate of drug-likeness (QED) is 0.557. The van der Waals surface area contributed by atoms with Crippen LogP contribution in [0.3, 0.4) is 0 Å². The van der Waals surface area contributed by atoms with Gasteiger partial charge in [-0.3, -0.25) is 24.0 Å². The Morgan fingerprint density at radius 2 is 1.90 bits per heavy atom. The fourth-order valence-corrected chi connectivity index (χ4v) is 3.47. The summed E-state index contributed by atoms with van der Waals surface area (Å²) in [6.07, 6.45) is 1.74. The van der Waals surface area contributed by atoms with Gasteiger partial charge in [0.1, 0.15) is 5.82 Å². The zero-order chi connectivity index (χ0) is 21.7. The van der Waals surface area contributed by atoms with Crippen molar-refractivity contribution in [1.82, 2.24) is 24.0 Å². The Kier molecular flexibility index (Phi) is 6.83. The third kappa shape index (κ3) is 4.68. The lowest BCUT2D eigenvalue weighted by Crippen LogP contribution is -2.31. The molecule has 0 aliphatic rings. The van der Waals surface area contributed by atoms with Gasteiger partial charge in [0.05, 0.1) is 13.1 Å². The predicted molar refractivity (Wildman–Crippen MR) is 117 cm³/mol. The number of aryl methyl sites for hydroxylation is 2. The number of carbonyl (C=O) groups excluding carboxylic acids is 1. The number of H-pyrrole nitrogens is 1. The van der Waals surface area contributed by atoms with E-state index in [0.717, 1.165) is 18.5 Å². The van der Waals surface area contributed by atoms with E-state index in [-0.39, 0.29) is 12.5 Å². The second kappa shape index (κ2) is 9.53. The molecule has 0 spiro atoms. The first kappa shape index (κ1) is 21.5. The summed E-state index contributed by atoms with van der Waals surface area (Å²) in [6.45, 7) is 5.53. The minimum absolute atomic E-state index is 0.138. The fourth-order valence-electron chi connectivity index (χ4n) is 3.47. The Bertz CT molecular complexity index is 1130. The maximum absolute atomic E-state index is 12.5. The van der Waals surface area contributed by atoms with Gasteiger partial charge in [0.25, 0.3) is 5.56 Å². The molecule has 9 heteroatoms. The van der Waals surface area contributed by atoms with Crippen LogP contribution in [0, 0.1) is 0 Å². The van der Waals surface area contributed by atoms with Gasteiger partial charge in [-0.2, -0.15) is 0 Å². The van der Waals surface area contributed by atoms with Crippen LogP contribution in [0.1, 0.15) is 32.5 Å². The summed E-state index contributed by atoms with van der Waals surface area (Å²) in [4.78, 5) is 46.0. The van der Waals surface area contributed by atoms with Crippen LogP contribution >= 0.6 is 0 Å². The molecule has 3 rings (SSSR count). The van der Waals surface area contributed by atoms with E-state index in [1.807, 2.05) is 60.7 Å². The van der Waals surface area contributed by atoms with Crippen molar-refractivity contribution in [3.05, 3.63) is 57.0 Å². The van der Waals surface area contributed by atoms with Crippen LogP contribution < -0.4 is 16.6 Å². The molecule has 0 aliphatic heterocycles. The molecule has 0 bridgehead atoms. The average Bonchev–Trinajstić information content (AvgIpc) is 3.06. The fraction of sp³-hybridized carbons (Fsp3) is 0.429. The lowest BCUT2D eigenvalue weighted by molar-refractivity contribution is -0.117. The van der Waals surface area contributed by atoms with E-state index in [2.05, 4.69) is 15.3 Å². The molecule has 30 heavy (non-hydrogen) atoms. The maximum atomic E-state index is 12.5. The zero-order valence-electron chi connectivity index (χ0n) is 17.6. The largest absolute Gasteiger partial charge is 0.330 e. The van der Waals surface area contributed by atoms with Gasteiger partial charge in [-0.25, -0.2) is 9.78 Å². The Morgan fingerprint density at radius 1 is 1.17 bits per heavy atom. The van der Waals surface area contributed by atoms with E-state index >= 15 is 0 Å². The number of fused-ring (bicyclic) bond motifs is 1. The molecule has 0 aliphatic carbocycles. The van der Waals surface area contributed by atoms with Gasteiger partial charge in [-0.05, 0) is 32.5 Å². The van der Waals surface area contributed by atoms with Crippen LogP contribution in [0.15, 0.2) is 39.9 Å². The predicted octanol–water partition coefficient (Wildman–Crippen LogP) is 1.78. The third-order valence-electron chi connectivity index (χ3n) is 4.90. The van der Waals surface area contributed by atoms with E-state index in [1.165, 1.54) is 4.57 Å². The van der Waals surface area contributed by atoms with Crippen LogP contribution in [0.4, 0.5) is 5.69 Å². The van der Waals surface area contributed by atoms with Crippen LogP contribution in [0.5, 0.6) is 0 Å². The molecule has 2 N–H and O–H groups in total. The van der Waals surface area contributed by atoms with Crippen LogP contribution in [-0.2, 0) is 24.4 Å². The number of anilines is 1. The Balaban J connectivity index is 1.84. The second-order valence-electron chi connectivity index (χ2n) is 7.30. The standard InChI is InChI=1S/C21H28N6O3/c1-4-6-12-27-19-18(20(29)24-21(27)30)26(5-2)16(23-19)13-25(3)14-17(28)22-15-10-8-7-9-11-15/h7-11H,4-6,12-14H2,1-3H3,(H,22,28)(H,24,29,30). The summed E-state index contributed by atoms with van der Waals surface area (Å²) < 4.78 is 3.33. The van der Waals surface area contributed by atoms with E-state index in [1.54, 1.807) is 0 Å². The molecule has 2 aromatic heterocycles. The summed E-state index contributed by atoms with van der Waals surface area (Å²) in [5.74, 6) is 0.504. The van der Waals surface area contributed by atoms with Crippen molar-refractivity contribution in [2.75, 3.05) is 18.9 Å². The van der Waals surface area contributed by atoms with E-state index in [9.17, 15) is 14.4 Å². The van der Waals surface area contributed by atoms with Crippen molar-refractivity contribution in [2.45, 2.75) is 46.3 Å². The molecular formula is C21H28N6O3. The first-order valence-corrected chi connectivity index (χ1v) is 10.2. The van der Waals surface area contributed by atoms with Crippen molar-refractivity contribution in [3.63, 3.8) is 0 Å². The number of aromatic nitrogens is 4. The van der Waals surface area contributed by atoms with E-state index in [4.69, 9.17) is 0 Å². The number of hydrogen-bond donors (Lipinski definition) is 2. The lowest BCUT2D eigenvalue weighted by atomic mass is 10.3. The summed E-state index contributed by atoms with van der Waals surface area (Å²) in [7, 11) is 1.82. The molecule has 0 atom stereocenters. The highest BCUT2D eigenvalue weighted by Crippen LogP contribution is 2.14. The number of para-hydroxylation sites is 1. The van der Waals surface area contributed by atoms with Gasteiger partial charge >= 0.3 is 5.69 Å². The number of carbonyl (C=O) groups is 1. The SMILES string of the molecule is CCCCn1c(=O)[nH]c(=O)c2c1nc(CN(C)CC(=O)Nc1ccccc1)n2CC. The summed E-state index contributed by atoms with van der Waals surface area (Å²) in [6, 6.07) is 9.27. The molecule has 3 aromatic rings.